The number of ether oxygens (including phenoxy) is 1. The molecular weight excluding hydrogens is 159 g/mol. The molecule has 0 aliphatic carbocycles. The van der Waals surface area contributed by atoms with Crippen LogP contribution in [0.15, 0.2) is 0 Å². The van der Waals surface area contributed by atoms with Crippen molar-refractivity contribution in [2.24, 2.45) is 0 Å². The summed E-state index contributed by atoms with van der Waals surface area (Å²) in [5, 5.41) is 0. The molecule has 0 heterocycles. The van der Waals surface area contributed by atoms with E-state index >= 15 is 0 Å². The van der Waals surface area contributed by atoms with Crippen LogP contribution in [0.2, 0.25) is 0 Å². The summed E-state index contributed by atoms with van der Waals surface area (Å²) in [6.45, 7) is -2.00. The van der Waals surface area contributed by atoms with Gasteiger partial charge in [-0.05, 0) is 0 Å². The van der Waals surface area contributed by atoms with Gasteiger partial charge in [-0.25, -0.2) is 8.78 Å². The van der Waals surface area contributed by atoms with E-state index in [0.29, 0.717) is 0 Å². The minimum Gasteiger partial charge on any atom is -0.339 e. The summed E-state index contributed by atoms with van der Waals surface area (Å²) in [5.74, 6) is 0. The third kappa shape index (κ3) is 3.60. The standard InChI is InChI=1S/C4H5F5O/c5-1-2-10-3(6)4(7,8)9/h3H,1-2H2. The Balaban J connectivity index is 3.52. The molecule has 0 rings (SSSR count). The van der Waals surface area contributed by atoms with Gasteiger partial charge in [-0.15, -0.1) is 0 Å². The van der Waals surface area contributed by atoms with E-state index in [4.69, 9.17) is 0 Å². The number of alkyl halides is 5. The van der Waals surface area contributed by atoms with Crippen LogP contribution >= 0.6 is 0 Å². The van der Waals surface area contributed by atoms with Gasteiger partial charge >= 0.3 is 6.18 Å². The Kier molecular flexibility index (Phi) is 3.55. The minimum absolute atomic E-state index is 0.874. The molecule has 0 N–H and O–H groups in total. The van der Waals surface area contributed by atoms with Crippen LogP contribution in [-0.4, -0.2) is 25.8 Å². The van der Waals surface area contributed by atoms with Crippen LogP contribution in [0.4, 0.5) is 22.0 Å². The topological polar surface area (TPSA) is 9.23 Å². The lowest BCUT2D eigenvalue weighted by atomic mass is 10.6. The van der Waals surface area contributed by atoms with Crippen LogP contribution in [0.1, 0.15) is 0 Å². The zero-order valence-corrected chi connectivity index (χ0v) is 4.79. The maximum Gasteiger partial charge on any atom is 0.445 e. The van der Waals surface area contributed by atoms with E-state index < -0.39 is 25.8 Å². The zero-order valence-electron chi connectivity index (χ0n) is 4.79. The molecule has 0 bridgehead atoms. The molecule has 0 aromatic rings. The Bertz CT molecular complexity index is 90.1. The lowest BCUT2D eigenvalue weighted by molar-refractivity contribution is -0.264. The second-order valence-electron chi connectivity index (χ2n) is 1.42. The van der Waals surface area contributed by atoms with Crippen LogP contribution < -0.4 is 0 Å². The van der Waals surface area contributed by atoms with Crippen molar-refractivity contribution >= 4 is 0 Å². The van der Waals surface area contributed by atoms with E-state index in [2.05, 4.69) is 4.74 Å². The Morgan fingerprint density at radius 1 is 1.30 bits per heavy atom. The fourth-order valence-electron chi connectivity index (χ4n) is 0.243. The van der Waals surface area contributed by atoms with E-state index in [0.717, 1.165) is 0 Å². The predicted molar refractivity (Wildman–Crippen MR) is 22.9 cm³/mol. The molecule has 10 heavy (non-hydrogen) atoms. The number of hydrogen-bond acceptors (Lipinski definition) is 1. The van der Waals surface area contributed by atoms with E-state index in [9.17, 15) is 22.0 Å². The molecule has 1 nitrogen and oxygen atoms in total. The van der Waals surface area contributed by atoms with Gasteiger partial charge < -0.3 is 4.74 Å². The number of hydrogen-bond donors (Lipinski definition) is 0. The first-order valence-corrected chi connectivity index (χ1v) is 2.37. The first-order chi connectivity index (χ1) is 4.48. The number of rotatable bonds is 3. The maximum absolute atomic E-state index is 11.6. The van der Waals surface area contributed by atoms with Gasteiger partial charge in [-0.1, -0.05) is 0 Å². The molecule has 62 valence electrons. The Labute approximate surface area is 53.8 Å². The number of halogens is 5. The smallest absolute Gasteiger partial charge is 0.339 e. The molecule has 0 fully saturated rings. The van der Waals surface area contributed by atoms with E-state index in [1.54, 1.807) is 0 Å². The van der Waals surface area contributed by atoms with Gasteiger partial charge in [0.2, 0.25) is 0 Å². The van der Waals surface area contributed by atoms with Gasteiger partial charge in [-0.3, -0.25) is 0 Å². The summed E-state index contributed by atoms with van der Waals surface area (Å²) in [6, 6.07) is 0. The summed E-state index contributed by atoms with van der Waals surface area (Å²) in [4.78, 5) is 0. The molecule has 0 aromatic heterocycles. The average molecular weight is 164 g/mol. The lowest BCUT2D eigenvalue weighted by Gasteiger charge is -2.10. The fraction of sp³-hybridized carbons (Fsp3) is 1.00. The van der Waals surface area contributed by atoms with Gasteiger partial charge in [-0.2, -0.15) is 13.2 Å². The van der Waals surface area contributed by atoms with Crippen LogP contribution in [-0.2, 0) is 4.74 Å². The molecule has 0 aliphatic heterocycles. The third-order valence-corrected chi connectivity index (χ3v) is 0.599. The highest BCUT2D eigenvalue weighted by Gasteiger charge is 2.41. The Morgan fingerprint density at radius 3 is 2.10 bits per heavy atom. The molecular formula is C4H5F5O. The van der Waals surface area contributed by atoms with Crippen molar-refractivity contribution in [2.45, 2.75) is 12.5 Å². The average Bonchev–Trinajstić information content (AvgIpc) is 1.80. The Morgan fingerprint density at radius 2 is 1.80 bits per heavy atom. The van der Waals surface area contributed by atoms with Gasteiger partial charge in [0, 0.05) is 0 Å². The van der Waals surface area contributed by atoms with E-state index in [-0.39, 0.29) is 0 Å². The van der Waals surface area contributed by atoms with Crippen LogP contribution in [0.3, 0.4) is 0 Å². The molecule has 0 saturated carbocycles. The van der Waals surface area contributed by atoms with Crippen molar-refractivity contribution in [2.75, 3.05) is 13.3 Å². The molecule has 0 saturated heterocycles. The van der Waals surface area contributed by atoms with Gasteiger partial charge in [0.15, 0.2) is 0 Å². The molecule has 0 aromatic carbocycles. The quantitative estimate of drug-likeness (QED) is 0.578. The molecule has 0 aliphatic rings. The van der Waals surface area contributed by atoms with E-state index in [1.165, 1.54) is 0 Å². The van der Waals surface area contributed by atoms with Gasteiger partial charge in [0.05, 0.1) is 6.61 Å². The molecule has 6 heteroatoms. The first kappa shape index (κ1) is 9.61. The summed E-state index contributed by atoms with van der Waals surface area (Å²) in [6.07, 6.45) is -8.42. The minimum atomic E-state index is -5.05. The molecule has 1 unspecified atom stereocenters. The lowest BCUT2D eigenvalue weighted by Crippen LogP contribution is -2.27. The van der Waals surface area contributed by atoms with Crippen molar-refractivity contribution in [1.82, 2.24) is 0 Å². The summed E-state index contributed by atoms with van der Waals surface area (Å²) in [5.41, 5.74) is 0. The Hall–Kier alpha value is -0.390. The normalized spacial score (nSPS) is 15.3. The van der Waals surface area contributed by atoms with Crippen LogP contribution in [0.25, 0.3) is 0 Å². The van der Waals surface area contributed by atoms with Crippen LogP contribution in [0, 0.1) is 0 Å². The zero-order chi connectivity index (χ0) is 8.20. The summed E-state index contributed by atoms with van der Waals surface area (Å²) >= 11 is 0. The maximum atomic E-state index is 11.6. The SMILES string of the molecule is FCCOC(F)C(F)(F)F. The highest BCUT2D eigenvalue weighted by molar-refractivity contribution is 4.52. The first-order valence-electron chi connectivity index (χ1n) is 2.37. The molecule has 1 atom stereocenters. The van der Waals surface area contributed by atoms with Crippen molar-refractivity contribution in [3.63, 3.8) is 0 Å². The van der Waals surface area contributed by atoms with E-state index in [1.807, 2.05) is 0 Å². The molecule has 0 amide bonds. The summed E-state index contributed by atoms with van der Waals surface area (Å²) < 4.78 is 59.5. The second-order valence-corrected chi connectivity index (χ2v) is 1.42. The molecule has 0 spiro atoms. The largest absolute Gasteiger partial charge is 0.445 e. The van der Waals surface area contributed by atoms with Gasteiger partial charge in [0.25, 0.3) is 6.36 Å². The predicted octanol–water partition coefficient (Wildman–Crippen LogP) is 1.83. The fourth-order valence-corrected chi connectivity index (χ4v) is 0.243. The monoisotopic (exact) mass is 164 g/mol. The third-order valence-electron chi connectivity index (χ3n) is 0.599. The van der Waals surface area contributed by atoms with Crippen molar-refractivity contribution in [1.29, 1.82) is 0 Å². The van der Waals surface area contributed by atoms with Crippen LogP contribution in [0.5, 0.6) is 0 Å². The van der Waals surface area contributed by atoms with Crippen molar-refractivity contribution in [3.05, 3.63) is 0 Å². The van der Waals surface area contributed by atoms with Gasteiger partial charge in [0.1, 0.15) is 6.67 Å². The summed E-state index contributed by atoms with van der Waals surface area (Å²) in [7, 11) is 0. The second kappa shape index (κ2) is 3.70. The highest BCUT2D eigenvalue weighted by atomic mass is 19.4. The van der Waals surface area contributed by atoms with Crippen molar-refractivity contribution in [3.8, 4) is 0 Å². The highest BCUT2D eigenvalue weighted by Crippen LogP contribution is 2.23. The molecule has 0 radical (unpaired) electrons. The van der Waals surface area contributed by atoms with Crippen molar-refractivity contribution < 1.29 is 26.7 Å².